The molecule has 19 heavy (non-hydrogen) atoms. The number of aryl methyl sites for hydroxylation is 2. The fourth-order valence-electron chi connectivity index (χ4n) is 2.57. The van der Waals surface area contributed by atoms with E-state index in [4.69, 9.17) is 4.42 Å². The fraction of sp³-hybridized carbons (Fsp3) is 0.706. The van der Waals surface area contributed by atoms with E-state index in [0.29, 0.717) is 6.42 Å². The van der Waals surface area contributed by atoms with Crippen molar-refractivity contribution in [3.8, 4) is 0 Å². The summed E-state index contributed by atoms with van der Waals surface area (Å²) in [5, 5.41) is 0. The molecule has 2 nitrogen and oxygen atoms in total. The minimum Gasteiger partial charge on any atom is -0.466 e. The van der Waals surface area contributed by atoms with Crippen LogP contribution in [0, 0.1) is 20.8 Å². The smallest absolute Gasteiger partial charge is 0.166 e. The number of carbonyl (C=O) groups is 1. The standard InChI is InChI=1S/C17H28O2/c1-5-6-7-8-9-10-11-12-16(18)17-13(2)14(3)19-15(17)4/h5-12H2,1-4H3. The third kappa shape index (κ3) is 4.85. The summed E-state index contributed by atoms with van der Waals surface area (Å²) in [6.07, 6.45) is 9.37. The molecule has 1 aromatic heterocycles. The maximum atomic E-state index is 12.2. The van der Waals surface area contributed by atoms with Gasteiger partial charge in [-0.2, -0.15) is 0 Å². The minimum absolute atomic E-state index is 0.250. The first-order chi connectivity index (χ1) is 9.07. The third-order valence-corrected chi connectivity index (χ3v) is 3.85. The van der Waals surface area contributed by atoms with Gasteiger partial charge in [0.05, 0.1) is 5.56 Å². The molecule has 0 aromatic carbocycles. The van der Waals surface area contributed by atoms with E-state index in [1.54, 1.807) is 0 Å². The largest absolute Gasteiger partial charge is 0.466 e. The maximum absolute atomic E-state index is 12.2. The zero-order valence-corrected chi connectivity index (χ0v) is 13.0. The van der Waals surface area contributed by atoms with Crippen molar-refractivity contribution in [1.29, 1.82) is 0 Å². The van der Waals surface area contributed by atoms with E-state index in [2.05, 4.69) is 6.92 Å². The molecule has 0 spiro atoms. The first-order valence-electron chi connectivity index (χ1n) is 7.67. The monoisotopic (exact) mass is 264 g/mol. The Balaban J connectivity index is 2.28. The van der Waals surface area contributed by atoms with Gasteiger partial charge in [-0.25, -0.2) is 0 Å². The molecular weight excluding hydrogens is 236 g/mol. The summed E-state index contributed by atoms with van der Waals surface area (Å²) in [7, 11) is 0. The summed E-state index contributed by atoms with van der Waals surface area (Å²) < 4.78 is 5.52. The van der Waals surface area contributed by atoms with Gasteiger partial charge in [-0.1, -0.05) is 45.4 Å². The highest BCUT2D eigenvalue weighted by Crippen LogP contribution is 2.23. The topological polar surface area (TPSA) is 30.2 Å². The molecule has 0 N–H and O–H groups in total. The molecule has 1 aromatic rings. The van der Waals surface area contributed by atoms with Crippen molar-refractivity contribution in [2.45, 2.75) is 79.1 Å². The lowest BCUT2D eigenvalue weighted by atomic mass is 10.0. The van der Waals surface area contributed by atoms with Crippen LogP contribution in [-0.2, 0) is 0 Å². The minimum atomic E-state index is 0.250. The molecular formula is C17H28O2. The maximum Gasteiger partial charge on any atom is 0.166 e. The summed E-state index contributed by atoms with van der Waals surface area (Å²) in [6.45, 7) is 8.02. The van der Waals surface area contributed by atoms with Crippen LogP contribution in [0.15, 0.2) is 4.42 Å². The second kappa shape index (κ2) is 8.19. The van der Waals surface area contributed by atoms with Crippen molar-refractivity contribution >= 4 is 5.78 Å². The summed E-state index contributed by atoms with van der Waals surface area (Å²) in [5.41, 5.74) is 1.84. The second-order valence-electron chi connectivity index (χ2n) is 5.51. The molecule has 0 aliphatic rings. The van der Waals surface area contributed by atoms with E-state index in [1.807, 2.05) is 20.8 Å². The molecule has 1 rings (SSSR count). The Kier molecular flexibility index (Phi) is 6.90. The highest BCUT2D eigenvalue weighted by molar-refractivity contribution is 5.98. The lowest BCUT2D eigenvalue weighted by Gasteiger charge is -2.02. The van der Waals surface area contributed by atoms with Crippen LogP contribution in [0.2, 0.25) is 0 Å². The normalized spacial score (nSPS) is 10.9. The summed E-state index contributed by atoms with van der Waals surface area (Å²) in [5.74, 6) is 1.91. The van der Waals surface area contributed by atoms with E-state index in [0.717, 1.165) is 29.1 Å². The average molecular weight is 264 g/mol. The SMILES string of the molecule is CCCCCCCCCC(=O)c1c(C)oc(C)c1C. The molecule has 0 atom stereocenters. The molecule has 0 amide bonds. The molecule has 2 heteroatoms. The lowest BCUT2D eigenvalue weighted by molar-refractivity contribution is 0.0977. The zero-order chi connectivity index (χ0) is 14.3. The van der Waals surface area contributed by atoms with Gasteiger partial charge in [0.2, 0.25) is 0 Å². The van der Waals surface area contributed by atoms with Crippen molar-refractivity contribution in [3.63, 3.8) is 0 Å². The molecule has 0 saturated heterocycles. The van der Waals surface area contributed by atoms with E-state index in [9.17, 15) is 4.79 Å². The molecule has 0 bridgehead atoms. The number of rotatable bonds is 9. The summed E-state index contributed by atoms with van der Waals surface area (Å²) in [6, 6.07) is 0. The highest BCUT2D eigenvalue weighted by Gasteiger charge is 2.17. The molecule has 0 saturated carbocycles. The number of unbranched alkanes of at least 4 members (excludes halogenated alkanes) is 6. The molecule has 0 radical (unpaired) electrons. The van der Waals surface area contributed by atoms with Gasteiger partial charge < -0.3 is 4.42 Å². The van der Waals surface area contributed by atoms with Crippen LogP contribution in [0.1, 0.15) is 85.7 Å². The fourth-order valence-corrected chi connectivity index (χ4v) is 2.57. The Morgan fingerprint density at radius 2 is 1.47 bits per heavy atom. The average Bonchev–Trinajstić information content (AvgIpc) is 2.62. The van der Waals surface area contributed by atoms with Crippen molar-refractivity contribution in [3.05, 3.63) is 22.6 Å². The van der Waals surface area contributed by atoms with Gasteiger partial charge >= 0.3 is 0 Å². The second-order valence-corrected chi connectivity index (χ2v) is 5.51. The molecule has 0 unspecified atom stereocenters. The van der Waals surface area contributed by atoms with Crippen LogP contribution in [0.5, 0.6) is 0 Å². The van der Waals surface area contributed by atoms with Gasteiger partial charge in [0.1, 0.15) is 11.5 Å². The van der Waals surface area contributed by atoms with Crippen LogP contribution in [0.4, 0.5) is 0 Å². The van der Waals surface area contributed by atoms with Gasteiger partial charge in [-0.3, -0.25) is 4.79 Å². The van der Waals surface area contributed by atoms with Crippen molar-refractivity contribution < 1.29 is 9.21 Å². The quantitative estimate of drug-likeness (QED) is 0.433. The van der Waals surface area contributed by atoms with Crippen molar-refractivity contribution in [1.82, 2.24) is 0 Å². The number of hydrogen-bond donors (Lipinski definition) is 0. The van der Waals surface area contributed by atoms with Gasteiger partial charge in [0.25, 0.3) is 0 Å². The van der Waals surface area contributed by atoms with Crippen LogP contribution in [0.25, 0.3) is 0 Å². The van der Waals surface area contributed by atoms with Gasteiger partial charge in [-0.05, 0) is 27.2 Å². The third-order valence-electron chi connectivity index (χ3n) is 3.85. The zero-order valence-electron chi connectivity index (χ0n) is 13.0. The predicted molar refractivity (Wildman–Crippen MR) is 79.9 cm³/mol. The number of ketones is 1. The van der Waals surface area contributed by atoms with Gasteiger partial charge in [0, 0.05) is 12.0 Å². The van der Waals surface area contributed by atoms with Crippen molar-refractivity contribution in [2.75, 3.05) is 0 Å². The molecule has 0 aliphatic heterocycles. The Morgan fingerprint density at radius 1 is 0.895 bits per heavy atom. The molecule has 0 aliphatic carbocycles. The summed E-state index contributed by atoms with van der Waals surface area (Å²) in [4.78, 5) is 12.2. The predicted octanol–water partition coefficient (Wildman–Crippen LogP) is 5.53. The van der Waals surface area contributed by atoms with Gasteiger partial charge in [-0.15, -0.1) is 0 Å². The van der Waals surface area contributed by atoms with Gasteiger partial charge in [0.15, 0.2) is 5.78 Å². The number of Topliss-reactive ketones (excluding diaryl/α,β-unsaturated/α-hetero) is 1. The Morgan fingerprint density at radius 3 is 2.00 bits per heavy atom. The van der Waals surface area contributed by atoms with Crippen molar-refractivity contribution in [2.24, 2.45) is 0 Å². The van der Waals surface area contributed by atoms with E-state index >= 15 is 0 Å². The Hall–Kier alpha value is -1.05. The molecule has 0 fully saturated rings. The van der Waals surface area contributed by atoms with E-state index < -0.39 is 0 Å². The highest BCUT2D eigenvalue weighted by atomic mass is 16.3. The van der Waals surface area contributed by atoms with E-state index in [-0.39, 0.29) is 5.78 Å². The molecule has 108 valence electrons. The Bertz CT molecular complexity index is 402. The van der Waals surface area contributed by atoms with Crippen LogP contribution in [-0.4, -0.2) is 5.78 Å². The van der Waals surface area contributed by atoms with Crippen LogP contribution < -0.4 is 0 Å². The van der Waals surface area contributed by atoms with Crippen LogP contribution in [0.3, 0.4) is 0 Å². The summed E-state index contributed by atoms with van der Waals surface area (Å²) >= 11 is 0. The first-order valence-corrected chi connectivity index (χ1v) is 7.67. The lowest BCUT2D eigenvalue weighted by Crippen LogP contribution is -2.01. The number of furan rings is 1. The van der Waals surface area contributed by atoms with Crippen LogP contribution >= 0.6 is 0 Å². The number of hydrogen-bond acceptors (Lipinski definition) is 2. The van der Waals surface area contributed by atoms with E-state index in [1.165, 1.54) is 38.5 Å². The first kappa shape index (κ1) is 16.0. The molecule has 1 heterocycles. The Labute approximate surface area is 117 Å². The number of carbonyl (C=O) groups excluding carboxylic acids is 1.